The minimum atomic E-state index is -0.702. The number of anilines is 2. The van der Waals surface area contributed by atoms with Crippen molar-refractivity contribution in [3.8, 4) is 0 Å². The van der Waals surface area contributed by atoms with Crippen LogP contribution in [0.3, 0.4) is 0 Å². The predicted octanol–water partition coefficient (Wildman–Crippen LogP) is 3.25. The maximum atomic E-state index is 12.1. The van der Waals surface area contributed by atoms with Gasteiger partial charge in [0.2, 0.25) is 0 Å². The molecule has 0 atom stereocenters. The van der Waals surface area contributed by atoms with E-state index in [9.17, 15) is 9.59 Å². The van der Waals surface area contributed by atoms with Crippen molar-refractivity contribution in [3.05, 3.63) is 59.1 Å². The van der Waals surface area contributed by atoms with Gasteiger partial charge in [-0.25, -0.2) is 0 Å². The standard InChI is InChI=1S/C16H15ClN2O2/c1-11-13(17)9-6-10-14(11)18-15(20)16(21)19(2)12-7-4-3-5-8-12/h3-10H,1-2H3,(H,18,20). The van der Waals surface area contributed by atoms with Crippen molar-refractivity contribution in [2.24, 2.45) is 0 Å². The average molecular weight is 303 g/mol. The summed E-state index contributed by atoms with van der Waals surface area (Å²) < 4.78 is 0. The van der Waals surface area contributed by atoms with Crippen LogP contribution < -0.4 is 10.2 Å². The molecular weight excluding hydrogens is 288 g/mol. The Morgan fingerprint density at radius 2 is 1.71 bits per heavy atom. The number of benzene rings is 2. The molecule has 21 heavy (non-hydrogen) atoms. The van der Waals surface area contributed by atoms with Gasteiger partial charge in [0.25, 0.3) is 0 Å². The largest absolute Gasteiger partial charge is 0.317 e. The van der Waals surface area contributed by atoms with Gasteiger partial charge in [0.05, 0.1) is 0 Å². The minimum Gasteiger partial charge on any atom is -0.317 e. The zero-order chi connectivity index (χ0) is 15.4. The van der Waals surface area contributed by atoms with Gasteiger partial charge < -0.3 is 10.2 Å². The lowest BCUT2D eigenvalue weighted by Gasteiger charge is -2.17. The molecule has 0 aliphatic heterocycles. The van der Waals surface area contributed by atoms with Crippen LogP contribution in [-0.4, -0.2) is 18.9 Å². The van der Waals surface area contributed by atoms with Gasteiger partial charge >= 0.3 is 11.8 Å². The summed E-state index contributed by atoms with van der Waals surface area (Å²) in [6.45, 7) is 1.78. The number of para-hydroxylation sites is 1. The number of carbonyl (C=O) groups excluding carboxylic acids is 2. The van der Waals surface area contributed by atoms with Crippen LogP contribution in [0.1, 0.15) is 5.56 Å². The van der Waals surface area contributed by atoms with Crippen LogP contribution >= 0.6 is 11.6 Å². The second kappa shape index (κ2) is 6.41. The average Bonchev–Trinajstić information content (AvgIpc) is 2.51. The highest BCUT2D eigenvalue weighted by Crippen LogP contribution is 2.23. The van der Waals surface area contributed by atoms with Gasteiger partial charge in [-0.05, 0) is 36.8 Å². The van der Waals surface area contributed by atoms with E-state index in [-0.39, 0.29) is 0 Å². The fourth-order valence-corrected chi connectivity index (χ4v) is 2.01. The lowest BCUT2D eigenvalue weighted by Crippen LogP contribution is -2.37. The summed E-state index contributed by atoms with van der Waals surface area (Å²) in [6.07, 6.45) is 0. The highest BCUT2D eigenvalue weighted by molar-refractivity contribution is 6.44. The number of hydrogen-bond acceptors (Lipinski definition) is 2. The van der Waals surface area contributed by atoms with Crippen molar-refractivity contribution in [2.75, 3.05) is 17.3 Å². The van der Waals surface area contributed by atoms with Gasteiger partial charge in [0, 0.05) is 23.4 Å². The molecule has 1 N–H and O–H groups in total. The molecule has 0 saturated carbocycles. The van der Waals surface area contributed by atoms with E-state index in [0.29, 0.717) is 16.4 Å². The second-order valence-corrected chi connectivity index (χ2v) is 4.97. The number of carbonyl (C=O) groups is 2. The highest BCUT2D eigenvalue weighted by Gasteiger charge is 2.20. The van der Waals surface area contributed by atoms with E-state index in [2.05, 4.69) is 5.32 Å². The van der Waals surface area contributed by atoms with Crippen LogP contribution in [0.25, 0.3) is 0 Å². The van der Waals surface area contributed by atoms with Gasteiger partial charge in [-0.2, -0.15) is 0 Å². The van der Waals surface area contributed by atoms with Crippen molar-refractivity contribution in [3.63, 3.8) is 0 Å². The van der Waals surface area contributed by atoms with Gasteiger partial charge in [0.15, 0.2) is 0 Å². The van der Waals surface area contributed by atoms with Crippen molar-refractivity contribution >= 4 is 34.8 Å². The zero-order valence-electron chi connectivity index (χ0n) is 11.8. The Morgan fingerprint density at radius 1 is 1.05 bits per heavy atom. The topological polar surface area (TPSA) is 49.4 Å². The fraction of sp³-hybridized carbons (Fsp3) is 0.125. The van der Waals surface area contributed by atoms with E-state index >= 15 is 0 Å². The first-order valence-corrected chi connectivity index (χ1v) is 6.77. The van der Waals surface area contributed by atoms with E-state index in [1.807, 2.05) is 6.07 Å². The molecule has 0 aliphatic carbocycles. The molecule has 0 radical (unpaired) electrons. The molecule has 5 heteroatoms. The summed E-state index contributed by atoms with van der Waals surface area (Å²) in [5.74, 6) is -1.34. The maximum Gasteiger partial charge on any atom is 0.316 e. The Kier molecular flexibility index (Phi) is 4.60. The zero-order valence-corrected chi connectivity index (χ0v) is 12.5. The number of halogens is 1. The first-order chi connectivity index (χ1) is 10.0. The molecule has 2 aromatic carbocycles. The highest BCUT2D eigenvalue weighted by atomic mass is 35.5. The third-order valence-electron chi connectivity index (χ3n) is 3.16. The number of hydrogen-bond donors (Lipinski definition) is 1. The van der Waals surface area contributed by atoms with Gasteiger partial charge in [-0.3, -0.25) is 9.59 Å². The summed E-state index contributed by atoms with van der Waals surface area (Å²) in [7, 11) is 1.56. The smallest absolute Gasteiger partial charge is 0.316 e. The summed E-state index contributed by atoms with van der Waals surface area (Å²) in [5.41, 5.74) is 1.91. The van der Waals surface area contributed by atoms with Crippen LogP contribution in [0.15, 0.2) is 48.5 Å². The second-order valence-electron chi connectivity index (χ2n) is 4.57. The molecule has 0 saturated heterocycles. The summed E-state index contributed by atoms with van der Waals surface area (Å²) in [5, 5.41) is 3.13. The summed E-state index contributed by atoms with van der Waals surface area (Å²) in [6, 6.07) is 14.1. The predicted molar refractivity (Wildman–Crippen MR) is 84.7 cm³/mol. The lowest BCUT2D eigenvalue weighted by molar-refractivity contribution is -0.134. The Balaban J connectivity index is 2.13. The molecule has 2 amide bonds. The Bertz CT molecular complexity index is 671. The van der Waals surface area contributed by atoms with Crippen molar-refractivity contribution < 1.29 is 9.59 Å². The lowest BCUT2D eigenvalue weighted by atomic mass is 10.2. The van der Waals surface area contributed by atoms with E-state index in [4.69, 9.17) is 11.6 Å². The van der Waals surface area contributed by atoms with Crippen molar-refractivity contribution in [1.82, 2.24) is 0 Å². The van der Waals surface area contributed by atoms with Gasteiger partial charge in [-0.1, -0.05) is 35.9 Å². The third kappa shape index (κ3) is 3.41. The minimum absolute atomic E-state index is 0.530. The molecule has 0 bridgehead atoms. The van der Waals surface area contributed by atoms with Crippen molar-refractivity contribution in [1.29, 1.82) is 0 Å². The molecule has 4 nitrogen and oxygen atoms in total. The molecule has 0 fully saturated rings. The SMILES string of the molecule is Cc1c(Cl)cccc1NC(=O)C(=O)N(C)c1ccccc1. The first-order valence-electron chi connectivity index (χ1n) is 6.40. The molecule has 0 spiro atoms. The van der Waals surface area contributed by atoms with Gasteiger partial charge in [0.1, 0.15) is 0 Å². The number of rotatable bonds is 2. The molecule has 2 rings (SSSR count). The van der Waals surface area contributed by atoms with Crippen LogP contribution in [0.2, 0.25) is 5.02 Å². The summed E-state index contributed by atoms with van der Waals surface area (Å²) in [4.78, 5) is 25.5. The Hall–Kier alpha value is -2.33. The molecule has 108 valence electrons. The van der Waals surface area contributed by atoms with Crippen LogP contribution in [0.5, 0.6) is 0 Å². The molecule has 0 heterocycles. The molecule has 0 unspecified atom stereocenters. The van der Waals surface area contributed by atoms with E-state index < -0.39 is 11.8 Å². The number of likely N-dealkylation sites (N-methyl/N-ethyl adjacent to an activating group) is 1. The monoisotopic (exact) mass is 302 g/mol. The third-order valence-corrected chi connectivity index (χ3v) is 3.57. The molecular formula is C16H15ClN2O2. The number of amides is 2. The van der Waals surface area contributed by atoms with Gasteiger partial charge in [-0.15, -0.1) is 0 Å². The van der Waals surface area contributed by atoms with E-state index in [1.165, 1.54) is 4.90 Å². The van der Waals surface area contributed by atoms with Crippen LogP contribution in [-0.2, 0) is 9.59 Å². The molecule has 2 aromatic rings. The van der Waals surface area contributed by atoms with E-state index in [0.717, 1.165) is 5.56 Å². The maximum absolute atomic E-state index is 12.1. The van der Waals surface area contributed by atoms with E-state index in [1.54, 1.807) is 56.4 Å². The molecule has 0 aromatic heterocycles. The summed E-state index contributed by atoms with van der Waals surface area (Å²) >= 11 is 5.99. The normalized spacial score (nSPS) is 10.0. The van der Waals surface area contributed by atoms with Crippen molar-refractivity contribution in [2.45, 2.75) is 6.92 Å². The van der Waals surface area contributed by atoms with Crippen LogP contribution in [0, 0.1) is 6.92 Å². The van der Waals surface area contributed by atoms with Crippen LogP contribution in [0.4, 0.5) is 11.4 Å². The first kappa shape index (κ1) is 15.1. The number of nitrogens with one attached hydrogen (secondary N) is 1. The quantitative estimate of drug-likeness (QED) is 0.866. The molecule has 0 aliphatic rings. The fourth-order valence-electron chi connectivity index (χ4n) is 1.84. The Labute approximate surface area is 128 Å². The Morgan fingerprint density at radius 3 is 2.38 bits per heavy atom. The number of nitrogens with zero attached hydrogens (tertiary/aromatic N) is 1.